The fraction of sp³-hybridized carbons (Fsp3) is 0.231. The van der Waals surface area contributed by atoms with Crippen LogP contribution in [0.25, 0.3) is 15.9 Å². The quantitative estimate of drug-likeness (QED) is 0.479. The van der Waals surface area contributed by atoms with Crippen LogP contribution in [0.2, 0.25) is 0 Å². The zero-order valence-corrected chi connectivity index (χ0v) is 18.6. The maximum Gasteiger partial charge on any atom is 0.263 e. The first-order valence-corrected chi connectivity index (χ1v) is 11.8. The Morgan fingerprint density at radius 1 is 0.906 bits per heavy atom. The second-order valence-corrected chi connectivity index (χ2v) is 9.21. The van der Waals surface area contributed by atoms with Crippen molar-refractivity contribution < 1.29 is 9.59 Å². The minimum atomic E-state index is -0.0344. The Kier molecular flexibility index (Phi) is 5.77. The summed E-state index contributed by atoms with van der Waals surface area (Å²) in [5, 5.41) is 5.25. The number of likely N-dealkylation sites (tertiary alicyclic amines) is 1. The summed E-state index contributed by atoms with van der Waals surface area (Å²) in [7, 11) is 0. The molecule has 0 saturated carbocycles. The highest BCUT2D eigenvalue weighted by Gasteiger charge is 2.28. The third kappa shape index (κ3) is 4.18. The predicted molar refractivity (Wildman–Crippen MR) is 128 cm³/mol. The molecular formula is C26H25N3O2S. The van der Waals surface area contributed by atoms with Gasteiger partial charge >= 0.3 is 0 Å². The third-order valence-electron chi connectivity index (χ3n) is 6.10. The number of fused-ring (bicyclic) bond motifs is 1. The highest BCUT2D eigenvalue weighted by Crippen LogP contribution is 2.28. The molecule has 1 aliphatic rings. The minimum Gasteiger partial charge on any atom is -0.352 e. The van der Waals surface area contributed by atoms with Crippen molar-refractivity contribution in [3.05, 3.63) is 89.4 Å². The van der Waals surface area contributed by atoms with Crippen molar-refractivity contribution in [1.29, 1.82) is 0 Å². The van der Waals surface area contributed by atoms with Crippen molar-refractivity contribution >= 4 is 34.1 Å². The molecule has 1 N–H and O–H groups in total. The molecule has 162 valence electrons. The van der Waals surface area contributed by atoms with Gasteiger partial charge in [0.15, 0.2) is 0 Å². The number of nitrogens with one attached hydrogen (secondary N) is 1. The largest absolute Gasteiger partial charge is 0.352 e. The molecule has 2 amide bonds. The second-order valence-electron chi connectivity index (χ2n) is 8.15. The fourth-order valence-electron chi connectivity index (χ4n) is 4.28. The Morgan fingerprint density at radius 3 is 2.47 bits per heavy atom. The van der Waals surface area contributed by atoms with Gasteiger partial charge in [0.25, 0.3) is 5.91 Å². The number of hydrogen-bond acceptors (Lipinski definition) is 3. The molecule has 0 aliphatic carbocycles. The van der Waals surface area contributed by atoms with Gasteiger partial charge in [0, 0.05) is 31.7 Å². The van der Waals surface area contributed by atoms with Crippen LogP contribution in [0.15, 0.2) is 79.0 Å². The molecule has 0 radical (unpaired) electrons. The van der Waals surface area contributed by atoms with Crippen LogP contribution in [0.5, 0.6) is 0 Å². The van der Waals surface area contributed by atoms with E-state index in [0.29, 0.717) is 32.5 Å². The Balaban J connectivity index is 1.18. The van der Waals surface area contributed by atoms with Gasteiger partial charge in [-0.2, -0.15) is 0 Å². The topological polar surface area (TPSA) is 54.3 Å². The van der Waals surface area contributed by atoms with Crippen molar-refractivity contribution in [3.63, 3.8) is 0 Å². The summed E-state index contributed by atoms with van der Waals surface area (Å²) in [6.07, 6.45) is 3.45. The molecule has 5 nitrogen and oxygen atoms in total. The summed E-state index contributed by atoms with van der Waals surface area (Å²) in [6.45, 7) is 1.77. The van der Waals surface area contributed by atoms with Crippen molar-refractivity contribution in [2.75, 3.05) is 13.1 Å². The van der Waals surface area contributed by atoms with Gasteiger partial charge in [0.05, 0.1) is 10.4 Å². The first-order chi connectivity index (χ1) is 15.7. The van der Waals surface area contributed by atoms with Gasteiger partial charge in [-0.25, -0.2) is 0 Å². The molecule has 5 rings (SSSR count). The van der Waals surface area contributed by atoms with E-state index in [1.54, 1.807) is 0 Å². The SMILES string of the molecule is O=C(NCc1ccccc1)C1CCN(C(=O)c2ccc(-n3ccc4ccccc43)s2)CC1. The van der Waals surface area contributed by atoms with Gasteiger partial charge in [0.1, 0.15) is 5.00 Å². The molecule has 2 aromatic heterocycles. The van der Waals surface area contributed by atoms with Crippen molar-refractivity contribution in [2.24, 2.45) is 5.92 Å². The van der Waals surface area contributed by atoms with Crippen molar-refractivity contribution in [2.45, 2.75) is 19.4 Å². The van der Waals surface area contributed by atoms with E-state index in [1.807, 2.05) is 65.7 Å². The summed E-state index contributed by atoms with van der Waals surface area (Å²) in [5.74, 6) is 0.104. The summed E-state index contributed by atoms with van der Waals surface area (Å²) in [5.41, 5.74) is 2.23. The summed E-state index contributed by atoms with van der Waals surface area (Å²) < 4.78 is 2.13. The number of hydrogen-bond donors (Lipinski definition) is 1. The van der Waals surface area contributed by atoms with Gasteiger partial charge in [-0.1, -0.05) is 48.5 Å². The molecular weight excluding hydrogens is 418 g/mol. The number of carbonyl (C=O) groups excluding carboxylic acids is 2. The number of benzene rings is 2. The van der Waals surface area contributed by atoms with E-state index in [-0.39, 0.29) is 17.7 Å². The average Bonchev–Trinajstić information content (AvgIpc) is 3.50. The number of thiophene rings is 1. The van der Waals surface area contributed by atoms with Crippen LogP contribution in [-0.4, -0.2) is 34.4 Å². The molecule has 32 heavy (non-hydrogen) atoms. The molecule has 3 heterocycles. The highest BCUT2D eigenvalue weighted by molar-refractivity contribution is 7.16. The van der Waals surface area contributed by atoms with Crippen molar-refractivity contribution in [3.8, 4) is 5.00 Å². The van der Waals surface area contributed by atoms with Gasteiger partial charge < -0.3 is 14.8 Å². The smallest absolute Gasteiger partial charge is 0.263 e. The summed E-state index contributed by atoms with van der Waals surface area (Å²) in [4.78, 5) is 28.2. The van der Waals surface area contributed by atoms with Gasteiger partial charge in [0.2, 0.25) is 5.91 Å². The molecule has 1 saturated heterocycles. The molecule has 1 aliphatic heterocycles. The van der Waals surface area contributed by atoms with E-state index in [2.05, 4.69) is 28.1 Å². The first-order valence-electron chi connectivity index (χ1n) is 11.0. The molecule has 2 aromatic carbocycles. The number of aromatic nitrogens is 1. The van der Waals surface area contributed by atoms with E-state index in [1.165, 1.54) is 16.7 Å². The second kappa shape index (κ2) is 9.01. The lowest BCUT2D eigenvalue weighted by atomic mass is 9.95. The Morgan fingerprint density at radius 2 is 1.66 bits per heavy atom. The predicted octanol–water partition coefficient (Wildman–Crippen LogP) is 4.86. The third-order valence-corrected chi connectivity index (χ3v) is 7.17. The number of para-hydroxylation sites is 1. The van der Waals surface area contributed by atoms with Gasteiger partial charge in [-0.15, -0.1) is 11.3 Å². The lowest BCUT2D eigenvalue weighted by Gasteiger charge is -2.31. The summed E-state index contributed by atoms with van der Waals surface area (Å²) in [6, 6.07) is 24.2. The first kappa shape index (κ1) is 20.5. The van der Waals surface area contributed by atoms with Gasteiger partial charge in [-0.05, 0) is 48.1 Å². The van der Waals surface area contributed by atoms with Crippen LogP contribution in [-0.2, 0) is 11.3 Å². The van der Waals surface area contributed by atoms with Gasteiger partial charge in [-0.3, -0.25) is 9.59 Å². The number of carbonyl (C=O) groups is 2. The van der Waals surface area contributed by atoms with E-state index >= 15 is 0 Å². The molecule has 0 spiro atoms. The van der Waals surface area contributed by atoms with Crippen LogP contribution >= 0.6 is 11.3 Å². The number of nitrogens with zero attached hydrogens (tertiary/aromatic N) is 2. The number of piperidine rings is 1. The minimum absolute atomic E-state index is 0.0344. The van der Waals surface area contributed by atoms with E-state index in [4.69, 9.17) is 0 Å². The normalized spacial score (nSPS) is 14.6. The maximum atomic E-state index is 13.1. The summed E-state index contributed by atoms with van der Waals surface area (Å²) >= 11 is 1.51. The lowest BCUT2D eigenvalue weighted by Crippen LogP contribution is -2.42. The van der Waals surface area contributed by atoms with E-state index < -0.39 is 0 Å². The van der Waals surface area contributed by atoms with E-state index in [0.717, 1.165) is 21.0 Å². The average molecular weight is 444 g/mol. The molecule has 6 heteroatoms. The molecule has 0 atom stereocenters. The van der Waals surface area contributed by atoms with Crippen LogP contribution < -0.4 is 5.32 Å². The highest BCUT2D eigenvalue weighted by atomic mass is 32.1. The van der Waals surface area contributed by atoms with Crippen LogP contribution in [0.3, 0.4) is 0 Å². The molecule has 4 aromatic rings. The zero-order chi connectivity index (χ0) is 21.9. The number of rotatable bonds is 5. The fourth-order valence-corrected chi connectivity index (χ4v) is 5.25. The number of amides is 2. The zero-order valence-electron chi connectivity index (χ0n) is 17.7. The monoisotopic (exact) mass is 443 g/mol. The molecule has 0 unspecified atom stereocenters. The lowest BCUT2D eigenvalue weighted by molar-refractivity contribution is -0.126. The van der Waals surface area contributed by atoms with Crippen LogP contribution in [0.4, 0.5) is 0 Å². The Bertz CT molecular complexity index is 1240. The molecule has 1 fully saturated rings. The molecule has 0 bridgehead atoms. The maximum absolute atomic E-state index is 13.1. The van der Waals surface area contributed by atoms with Crippen LogP contribution in [0.1, 0.15) is 28.1 Å². The Labute approximate surface area is 191 Å². The van der Waals surface area contributed by atoms with Crippen molar-refractivity contribution in [1.82, 2.24) is 14.8 Å². The Hall–Kier alpha value is -3.38. The van der Waals surface area contributed by atoms with E-state index in [9.17, 15) is 9.59 Å². The standard InChI is InChI=1S/C26H25N3O2S/c30-25(27-18-19-6-2-1-3-7-19)21-12-15-28(16-13-21)26(31)23-10-11-24(32-23)29-17-14-20-8-4-5-9-22(20)29/h1-11,14,17,21H,12-13,15-16,18H2,(H,27,30). The van der Waals surface area contributed by atoms with Crippen LogP contribution in [0, 0.1) is 5.92 Å².